The topological polar surface area (TPSA) is 85.1 Å². The van der Waals surface area contributed by atoms with Gasteiger partial charge in [0.2, 0.25) is 0 Å². The van der Waals surface area contributed by atoms with E-state index in [0.29, 0.717) is 10.3 Å². The second-order valence-electron chi connectivity index (χ2n) is 4.20. The molecule has 0 bridgehead atoms. The zero-order valence-electron chi connectivity index (χ0n) is 10.8. The van der Waals surface area contributed by atoms with Crippen molar-refractivity contribution in [1.82, 2.24) is 4.98 Å². The minimum Gasteiger partial charge on any atom is -0.320 e. The lowest BCUT2D eigenvalue weighted by Crippen LogP contribution is -2.14. The predicted octanol–water partition coefficient (Wildman–Crippen LogP) is 3.45. The van der Waals surface area contributed by atoms with Crippen LogP contribution in [0.25, 0.3) is 0 Å². The summed E-state index contributed by atoms with van der Waals surface area (Å²) in [6, 6.07) is 4.35. The monoisotopic (exact) mass is 353 g/mol. The van der Waals surface area contributed by atoms with Crippen molar-refractivity contribution >= 4 is 33.2 Å². The van der Waals surface area contributed by atoms with Gasteiger partial charge in [0.1, 0.15) is 16.0 Å². The van der Waals surface area contributed by atoms with Crippen LogP contribution in [-0.2, 0) is 0 Å². The molecule has 0 aliphatic heterocycles. The summed E-state index contributed by atoms with van der Waals surface area (Å²) in [6.07, 6.45) is 1.39. The van der Waals surface area contributed by atoms with Gasteiger partial charge in [0.25, 0.3) is 11.6 Å². The average molecular weight is 354 g/mol. The van der Waals surface area contributed by atoms with Crippen molar-refractivity contribution < 1.29 is 14.1 Å². The summed E-state index contributed by atoms with van der Waals surface area (Å²) in [5.74, 6) is -1.50. The Labute approximate surface area is 127 Å². The van der Waals surface area contributed by atoms with Crippen molar-refractivity contribution in [3.63, 3.8) is 0 Å². The van der Waals surface area contributed by atoms with Gasteiger partial charge in [-0.05, 0) is 46.6 Å². The maximum Gasteiger partial charge on any atom is 0.282 e. The molecular formula is C13H9BrFN3O3. The molecule has 1 aromatic heterocycles. The number of hydrogen-bond acceptors (Lipinski definition) is 4. The minimum atomic E-state index is -0.773. The molecule has 8 heteroatoms. The largest absolute Gasteiger partial charge is 0.320 e. The number of carbonyl (C=O) groups is 1. The van der Waals surface area contributed by atoms with E-state index in [0.717, 1.165) is 23.8 Å². The standard InChI is InChI=1S/C13H9BrFN3O3/c1-7-4-9(6-16-12(7)14)17-13(19)10-5-8(15)2-3-11(10)18(20)21/h2-6H,1H3,(H,17,19). The van der Waals surface area contributed by atoms with Crippen LogP contribution in [0.3, 0.4) is 0 Å². The van der Waals surface area contributed by atoms with E-state index < -0.39 is 22.3 Å². The molecule has 0 unspecified atom stereocenters. The van der Waals surface area contributed by atoms with Gasteiger partial charge in [-0.2, -0.15) is 0 Å². The molecule has 0 aliphatic carbocycles. The first-order valence-corrected chi connectivity index (χ1v) is 6.55. The zero-order valence-corrected chi connectivity index (χ0v) is 12.3. The fourth-order valence-corrected chi connectivity index (χ4v) is 1.89. The lowest BCUT2D eigenvalue weighted by molar-refractivity contribution is -0.385. The first kappa shape index (κ1) is 15.0. The fraction of sp³-hybridized carbons (Fsp3) is 0.0769. The molecule has 1 amide bonds. The third kappa shape index (κ3) is 3.40. The highest BCUT2D eigenvalue weighted by molar-refractivity contribution is 9.10. The summed E-state index contributed by atoms with van der Waals surface area (Å²) in [4.78, 5) is 26.2. The van der Waals surface area contributed by atoms with Gasteiger partial charge in [-0.3, -0.25) is 14.9 Å². The van der Waals surface area contributed by atoms with E-state index in [1.54, 1.807) is 13.0 Å². The van der Waals surface area contributed by atoms with Gasteiger partial charge in [-0.1, -0.05) is 0 Å². The Morgan fingerprint density at radius 2 is 2.14 bits per heavy atom. The molecule has 0 spiro atoms. The SMILES string of the molecule is Cc1cc(NC(=O)c2cc(F)ccc2[N+](=O)[O-])cnc1Br. The van der Waals surface area contributed by atoms with Crippen molar-refractivity contribution in [1.29, 1.82) is 0 Å². The number of aromatic nitrogens is 1. The first-order valence-electron chi connectivity index (χ1n) is 5.76. The minimum absolute atomic E-state index is 0.347. The average Bonchev–Trinajstić information content (AvgIpc) is 2.42. The van der Waals surface area contributed by atoms with Gasteiger partial charge in [0, 0.05) is 6.07 Å². The van der Waals surface area contributed by atoms with E-state index in [9.17, 15) is 19.3 Å². The van der Waals surface area contributed by atoms with Crippen LogP contribution < -0.4 is 5.32 Å². The van der Waals surface area contributed by atoms with Crippen molar-refractivity contribution in [2.75, 3.05) is 5.32 Å². The lowest BCUT2D eigenvalue weighted by Gasteiger charge is -2.07. The number of pyridine rings is 1. The van der Waals surface area contributed by atoms with E-state index in [1.165, 1.54) is 6.20 Å². The van der Waals surface area contributed by atoms with E-state index >= 15 is 0 Å². The molecular weight excluding hydrogens is 345 g/mol. The van der Waals surface area contributed by atoms with E-state index in [2.05, 4.69) is 26.2 Å². The van der Waals surface area contributed by atoms with Crippen LogP contribution in [0.1, 0.15) is 15.9 Å². The molecule has 0 fully saturated rings. The zero-order chi connectivity index (χ0) is 15.6. The van der Waals surface area contributed by atoms with Crippen molar-refractivity contribution in [3.8, 4) is 0 Å². The Balaban J connectivity index is 2.34. The van der Waals surface area contributed by atoms with Gasteiger partial charge in [0.15, 0.2) is 0 Å². The molecule has 1 heterocycles. The van der Waals surface area contributed by atoms with Crippen LogP contribution in [0.5, 0.6) is 0 Å². The smallest absolute Gasteiger partial charge is 0.282 e. The van der Waals surface area contributed by atoms with Gasteiger partial charge >= 0.3 is 0 Å². The number of nitrogens with one attached hydrogen (secondary N) is 1. The molecule has 2 aromatic rings. The van der Waals surface area contributed by atoms with Crippen LogP contribution in [0.15, 0.2) is 35.1 Å². The Kier molecular flexibility index (Phi) is 4.27. The third-order valence-electron chi connectivity index (χ3n) is 2.67. The highest BCUT2D eigenvalue weighted by atomic mass is 79.9. The van der Waals surface area contributed by atoms with Crippen LogP contribution in [-0.4, -0.2) is 15.8 Å². The number of amides is 1. The number of nitro groups is 1. The van der Waals surface area contributed by atoms with E-state index in [-0.39, 0.29) is 5.56 Å². The van der Waals surface area contributed by atoms with Crippen molar-refractivity contribution in [2.45, 2.75) is 6.92 Å². The van der Waals surface area contributed by atoms with Crippen LogP contribution >= 0.6 is 15.9 Å². The summed E-state index contributed by atoms with van der Waals surface area (Å²) in [5.41, 5.74) is 0.331. The molecule has 0 atom stereocenters. The molecule has 0 saturated heterocycles. The van der Waals surface area contributed by atoms with Gasteiger partial charge in [-0.25, -0.2) is 9.37 Å². The second-order valence-corrected chi connectivity index (χ2v) is 4.96. The number of nitrogens with zero attached hydrogens (tertiary/aromatic N) is 2. The predicted molar refractivity (Wildman–Crippen MR) is 77.7 cm³/mol. The van der Waals surface area contributed by atoms with Crippen molar-refractivity contribution in [3.05, 3.63) is 62.1 Å². The number of hydrogen-bond donors (Lipinski definition) is 1. The molecule has 6 nitrogen and oxygen atoms in total. The number of benzene rings is 1. The van der Waals surface area contributed by atoms with Crippen LogP contribution in [0, 0.1) is 22.9 Å². The van der Waals surface area contributed by atoms with Crippen LogP contribution in [0.2, 0.25) is 0 Å². The molecule has 0 saturated carbocycles. The maximum absolute atomic E-state index is 13.2. The Hall–Kier alpha value is -2.35. The maximum atomic E-state index is 13.2. The van der Waals surface area contributed by atoms with Crippen molar-refractivity contribution in [2.24, 2.45) is 0 Å². The number of carbonyl (C=O) groups excluding carboxylic acids is 1. The molecule has 0 radical (unpaired) electrons. The molecule has 0 aliphatic rings. The Bertz CT molecular complexity index is 737. The second kappa shape index (κ2) is 5.96. The molecule has 2 rings (SSSR count). The fourth-order valence-electron chi connectivity index (χ4n) is 1.67. The summed E-state index contributed by atoms with van der Waals surface area (Å²) in [6.45, 7) is 1.78. The normalized spacial score (nSPS) is 10.2. The molecule has 1 aromatic carbocycles. The summed E-state index contributed by atoms with van der Waals surface area (Å²) < 4.78 is 13.8. The number of rotatable bonds is 3. The Morgan fingerprint density at radius 3 is 2.76 bits per heavy atom. The van der Waals surface area contributed by atoms with Gasteiger partial charge in [0.05, 0.1) is 16.8 Å². The van der Waals surface area contributed by atoms with Crippen LogP contribution in [0.4, 0.5) is 15.8 Å². The van der Waals surface area contributed by atoms with Gasteiger partial charge < -0.3 is 5.32 Å². The summed E-state index contributed by atoms with van der Waals surface area (Å²) in [7, 11) is 0. The summed E-state index contributed by atoms with van der Waals surface area (Å²) in [5, 5.41) is 13.3. The highest BCUT2D eigenvalue weighted by Crippen LogP contribution is 2.22. The third-order valence-corrected chi connectivity index (χ3v) is 3.50. The van der Waals surface area contributed by atoms with Gasteiger partial charge in [-0.15, -0.1) is 0 Å². The lowest BCUT2D eigenvalue weighted by atomic mass is 10.1. The number of aryl methyl sites for hydroxylation is 1. The quantitative estimate of drug-likeness (QED) is 0.520. The molecule has 1 N–H and O–H groups in total. The number of halogens is 2. The molecule has 21 heavy (non-hydrogen) atoms. The molecule has 108 valence electrons. The summed E-state index contributed by atoms with van der Waals surface area (Å²) >= 11 is 3.22. The van der Waals surface area contributed by atoms with E-state index in [1.807, 2.05) is 0 Å². The number of nitro benzene ring substituents is 1. The van der Waals surface area contributed by atoms with E-state index in [4.69, 9.17) is 0 Å². The first-order chi connectivity index (χ1) is 9.88. The Morgan fingerprint density at radius 1 is 1.43 bits per heavy atom. The highest BCUT2D eigenvalue weighted by Gasteiger charge is 2.21. The number of anilines is 1.